The third-order valence-corrected chi connectivity index (χ3v) is 3.39. The van der Waals surface area contributed by atoms with E-state index in [0.29, 0.717) is 16.1 Å². The number of halogens is 3. The Morgan fingerprint density at radius 3 is 2.74 bits per heavy atom. The average Bonchev–Trinajstić information content (AvgIpc) is 2.40. The van der Waals surface area contributed by atoms with Crippen LogP contribution in [0.15, 0.2) is 46.9 Å². The third kappa shape index (κ3) is 3.55. The minimum absolute atomic E-state index is 0.119. The van der Waals surface area contributed by atoms with Gasteiger partial charge in [-0.15, -0.1) is 0 Å². The van der Waals surface area contributed by atoms with E-state index in [0.717, 1.165) is 4.47 Å². The van der Waals surface area contributed by atoms with Crippen LogP contribution in [-0.2, 0) is 6.54 Å². The van der Waals surface area contributed by atoms with Crippen molar-refractivity contribution < 1.29 is 9.18 Å². The van der Waals surface area contributed by atoms with E-state index in [-0.39, 0.29) is 18.3 Å². The number of carbonyl (C=O) groups is 1. The molecule has 0 aromatic heterocycles. The van der Waals surface area contributed by atoms with Crippen molar-refractivity contribution in [3.05, 3.63) is 68.9 Å². The first kappa shape index (κ1) is 14.0. The zero-order valence-electron chi connectivity index (χ0n) is 9.79. The normalized spacial score (nSPS) is 10.3. The second kappa shape index (κ2) is 6.17. The van der Waals surface area contributed by atoms with E-state index in [9.17, 15) is 9.18 Å². The van der Waals surface area contributed by atoms with Gasteiger partial charge >= 0.3 is 0 Å². The molecule has 0 aliphatic heterocycles. The monoisotopic (exact) mass is 341 g/mol. The van der Waals surface area contributed by atoms with Crippen LogP contribution in [0.2, 0.25) is 5.02 Å². The minimum Gasteiger partial charge on any atom is -0.348 e. The molecule has 2 aromatic carbocycles. The summed E-state index contributed by atoms with van der Waals surface area (Å²) in [5.41, 5.74) is 0.786. The Hall–Kier alpha value is -1.39. The molecule has 0 heterocycles. The van der Waals surface area contributed by atoms with E-state index in [1.54, 1.807) is 36.4 Å². The van der Waals surface area contributed by atoms with Crippen LogP contribution in [0.3, 0.4) is 0 Å². The van der Waals surface area contributed by atoms with E-state index in [4.69, 9.17) is 11.6 Å². The second-order valence-corrected chi connectivity index (χ2v) is 5.22. The van der Waals surface area contributed by atoms with Crippen molar-refractivity contribution in [1.82, 2.24) is 5.32 Å². The van der Waals surface area contributed by atoms with Gasteiger partial charge in [0.15, 0.2) is 0 Å². The van der Waals surface area contributed by atoms with Gasteiger partial charge in [-0.2, -0.15) is 0 Å². The maximum Gasteiger partial charge on any atom is 0.253 e. The molecule has 5 heteroatoms. The van der Waals surface area contributed by atoms with Gasteiger partial charge in [0.2, 0.25) is 0 Å². The Labute approximate surface area is 123 Å². The molecule has 0 fully saturated rings. The Morgan fingerprint density at radius 1 is 1.26 bits per heavy atom. The van der Waals surface area contributed by atoms with Crippen molar-refractivity contribution in [2.24, 2.45) is 0 Å². The van der Waals surface area contributed by atoms with Crippen LogP contribution in [-0.4, -0.2) is 5.91 Å². The predicted molar refractivity (Wildman–Crippen MR) is 76.7 cm³/mol. The molecule has 2 rings (SSSR count). The van der Waals surface area contributed by atoms with E-state index in [2.05, 4.69) is 21.2 Å². The summed E-state index contributed by atoms with van der Waals surface area (Å²) < 4.78 is 14.2. The van der Waals surface area contributed by atoms with Crippen LogP contribution in [0.25, 0.3) is 0 Å². The van der Waals surface area contributed by atoms with Crippen molar-refractivity contribution in [3.8, 4) is 0 Å². The molecular formula is C14H10BrClFNO. The zero-order valence-corrected chi connectivity index (χ0v) is 12.1. The Balaban J connectivity index is 2.10. The number of rotatable bonds is 3. The highest BCUT2D eigenvalue weighted by atomic mass is 79.9. The molecule has 0 aliphatic carbocycles. The van der Waals surface area contributed by atoms with Crippen LogP contribution in [0, 0.1) is 5.82 Å². The Bertz CT molecular complexity index is 618. The van der Waals surface area contributed by atoms with Gasteiger partial charge < -0.3 is 5.32 Å². The summed E-state index contributed by atoms with van der Waals surface area (Å²) in [5, 5.41) is 3.00. The third-order valence-electron chi connectivity index (χ3n) is 2.57. The molecular weight excluding hydrogens is 333 g/mol. The molecule has 98 valence electrons. The molecule has 2 aromatic rings. The van der Waals surface area contributed by atoms with E-state index in [1.165, 1.54) is 6.07 Å². The van der Waals surface area contributed by atoms with Gasteiger partial charge in [0.1, 0.15) is 5.82 Å². The summed E-state index contributed by atoms with van der Waals surface area (Å²) in [7, 11) is 0. The number of carbonyl (C=O) groups excluding carboxylic acids is 1. The van der Waals surface area contributed by atoms with Crippen LogP contribution in [0.5, 0.6) is 0 Å². The summed E-state index contributed by atoms with van der Waals surface area (Å²) >= 11 is 9.22. The lowest BCUT2D eigenvalue weighted by molar-refractivity contribution is 0.0950. The fraction of sp³-hybridized carbons (Fsp3) is 0.0714. The van der Waals surface area contributed by atoms with Crippen molar-refractivity contribution in [2.75, 3.05) is 0 Å². The van der Waals surface area contributed by atoms with E-state index >= 15 is 0 Å². The Kier molecular flexibility index (Phi) is 4.56. The van der Waals surface area contributed by atoms with Crippen LogP contribution in [0.4, 0.5) is 4.39 Å². The predicted octanol–water partition coefficient (Wildman–Crippen LogP) is 4.17. The van der Waals surface area contributed by atoms with Gasteiger partial charge in [-0.3, -0.25) is 4.79 Å². The molecule has 1 N–H and O–H groups in total. The molecule has 19 heavy (non-hydrogen) atoms. The van der Waals surface area contributed by atoms with Crippen molar-refractivity contribution in [3.63, 3.8) is 0 Å². The van der Waals surface area contributed by atoms with Gasteiger partial charge in [0.05, 0.1) is 10.6 Å². The quantitative estimate of drug-likeness (QED) is 0.891. The topological polar surface area (TPSA) is 29.1 Å². The zero-order chi connectivity index (χ0) is 13.8. The Morgan fingerprint density at radius 2 is 2.00 bits per heavy atom. The van der Waals surface area contributed by atoms with Crippen molar-refractivity contribution >= 4 is 33.4 Å². The molecule has 0 saturated heterocycles. The molecule has 0 aliphatic rings. The first-order valence-corrected chi connectivity index (χ1v) is 6.71. The van der Waals surface area contributed by atoms with Crippen molar-refractivity contribution in [2.45, 2.75) is 6.54 Å². The number of nitrogens with one attached hydrogen (secondary N) is 1. The molecule has 0 atom stereocenters. The molecule has 0 radical (unpaired) electrons. The highest BCUT2D eigenvalue weighted by Gasteiger charge is 2.11. The second-order valence-electron chi connectivity index (χ2n) is 3.90. The first-order valence-electron chi connectivity index (χ1n) is 5.54. The SMILES string of the molecule is O=C(NCc1ccccc1F)c1cc(Br)ccc1Cl. The maximum absolute atomic E-state index is 13.4. The minimum atomic E-state index is -0.344. The molecule has 1 amide bonds. The van der Waals surface area contributed by atoms with Crippen LogP contribution in [0.1, 0.15) is 15.9 Å². The molecule has 0 unspecified atom stereocenters. The summed E-state index contributed by atoms with van der Waals surface area (Å²) in [6.07, 6.45) is 0. The molecule has 2 nitrogen and oxygen atoms in total. The van der Waals surface area contributed by atoms with E-state index in [1.807, 2.05) is 0 Å². The summed E-state index contributed by atoms with van der Waals surface area (Å²) in [6, 6.07) is 11.3. The lowest BCUT2D eigenvalue weighted by Gasteiger charge is -2.08. The van der Waals surface area contributed by atoms with Gasteiger partial charge in [0.25, 0.3) is 5.91 Å². The standard InChI is InChI=1S/C14H10BrClFNO/c15-10-5-6-12(16)11(7-10)14(19)18-8-9-3-1-2-4-13(9)17/h1-7H,8H2,(H,18,19). The first-order chi connectivity index (χ1) is 9.08. The van der Waals surface area contributed by atoms with Crippen LogP contribution < -0.4 is 5.32 Å². The smallest absolute Gasteiger partial charge is 0.253 e. The highest BCUT2D eigenvalue weighted by molar-refractivity contribution is 9.10. The largest absolute Gasteiger partial charge is 0.348 e. The van der Waals surface area contributed by atoms with Gasteiger partial charge in [-0.1, -0.05) is 45.7 Å². The van der Waals surface area contributed by atoms with E-state index < -0.39 is 0 Å². The summed E-state index contributed by atoms with van der Waals surface area (Å²) in [5.74, 6) is -0.683. The summed E-state index contributed by atoms with van der Waals surface area (Å²) in [6.45, 7) is 0.119. The van der Waals surface area contributed by atoms with Gasteiger partial charge in [-0.25, -0.2) is 4.39 Å². The lowest BCUT2D eigenvalue weighted by Crippen LogP contribution is -2.23. The van der Waals surface area contributed by atoms with Gasteiger partial charge in [0, 0.05) is 16.6 Å². The van der Waals surface area contributed by atoms with Gasteiger partial charge in [-0.05, 0) is 24.3 Å². The fourth-order valence-corrected chi connectivity index (χ4v) is 2.15. The van der Waals surface area contributed by atoms with Crippen molar-refractivity contribution in [1.29, 1.82) is 0 Å². The fourth-order valence-electron chi connectivity index (χ4n) is 1.58. The number of hydrogen-bond acceptors (Lipinski definition) is 1. The number of benzene rings is 2. The maximum atomic E-state index is 13.4. The highest BCUT2D eigenvalue weighted by Crippen LogP contribution is 2.21. The van der Waals surface area contributed by atoms with Crippen LogP contribution >= 0.6 is 27.5 Å². The molecule has 0 saturated carbocycles. The number of hydrogen-bond donors (Lipinski definition) is 1. The number of amides is 1. The molecule has 0 spiro atoms. The molecule has 0 bridgehead atoms. The lowest BCUT2D eigenvalue weighted by atomic mass is 10.2. The average molecular weight is 343 g/mol. The summed E-state index contributed by atoms with van der Waals surface area (Å²) in [4.78, 5) is 12.0.